The Kier molecular flexibility index (Phi) is 4.53. The summed E-state index contributed by atoms with van der Waals surface area (Å²) in [6, 6.07) is 13.7. The molecule has 2 aromatic rings. The largest absolute Gasteiger partial charge is 0.324 e. The molecule has 0 atom stereocenters. The van der Waals surface area contributed by atoms with Crippen LogP contribution in [0, 0.1) is 5.41 Å². The van der Waals surface area contributed by atoms with Crippen LogP contribution in [0.3, 0.4) is 0 Å². The number of nitrogens with one attached hydrogen (secondary N) is 1. The van der Waals surface area contributed by atoms with Crippen molar-refractivity contribution in [1.29, 1.82) is 0 Å². The molecule has 0 bridgehead atoms. The van der Waals surface area contributed by atoms with Crippen molar-refractivity contribution in [3.8, 4) is 0 Å². The van der Waals surface area contributed by atoms with Gasteiger partial charge in [-0.25, -0.2) is 0 Å². The predicted octanol–water partition coefficient (Wildman–Crippen LogP) is 4.24. The summed E-state index contributed by atoms with van der Waals surface area (Å²) in [4.78, 5) is 16.4. The van der Waals surface area contributed by atoms with Gasteiger partial charge < -0.3 is 5.32 Å². The molecule has 1 amide bonds. The van der Waals surface area contributed by atoms with Gasteiger partial charge >= 0.3 is 0 Å². The highest BCUT2D eigenvalue weighted by Crippen LogP contribution is 2.20. The zero-order chi connectivity index (χ0) is 15.3. The molecule has 0 saturated carbocycles. The number of pyridine rings is 1. The number of amides is 1. The quantitative estimate of drug-likeness (QED) is 0.913. The molecule has 0 unspecified atom stereocenters. The zero-order valence-electron chi connectivity index (χ0n) is 12.6. The van der Waals surface area contributed by atoms with Gasteiger partial charge in [0.05, 0.1) is 11.4 Å². The monoisotopic (exact) mass is 280 g/mol. The van der Waals surface area contributed by atoms with Crippen LogP contribution in [-0.2, 0) is 4.79 Å². The zero-order valence-corrected chi connectivity index (χ0v) is 12.6. The van der Waals surface area contributed by atoms with E-state index in [2.05, 4.69) is 10.3 Å². The Morgan fingerprint density at radius 2 is 1.76 bits per heavy atom. The van der Waals surface area contributed by atoms with Gasteiger partial charge in [-0.3, -0.25) is 9.78 Å². The van der Waals surface area contributed by atoms with Crippen molar-refractivity contribution in [2.45, 2.75) is 20.8 Å². The molecule has 108 valence electrons. The number of nitrogens with zero attached hydrogens (tertiary/aromatic N) is 1. The van der Waals surface area contributed by atoms with Gasteiger partial charge in [0.1, 0.15) is 0 Å². The number of hydrogen-bond acceptors (Lipinski definition) is 2. The van der Waals surface area contributed by atoms with E-state index >= 15 is 0 Å². The van der Waals surface area contributed by atoms with Gasteiger partial charge in [0, 0.05) is 11.6 Å². The summed E-state index contributed by atoms with van der Waals surface area (Å²) in [5.74, 6) is -0.0233. The summed E-state index contributed by atoms with van der Waals surface area (Å²) >= 11 is 0. The molecule has 0 aliphatic rings. The normalized spacial score (nSPS) is 11.6. The van der Waals surface area contributed by atoms with Crippen molar-refractivity contribution >= 4 is 23.7 Å². The van der Waals surface area contributed by atoms with Crippen molar-refractivity contribution in [2.75, 3.05) is 5.32 Å². The van der Waals surface area contributed by atoms with E-state index in [1.165, 1.54) is 0 Å². The van der Waals surface area contributed by atoms with E-state index in [0.29, 0.717) is 0 Å². The molecule has 0 saturated heterocycles. The lowest BCUT2D eigenvalue weighted by Gasteiger charge is -2.18. The van der Waals surface area contributed by atoms with Crippen LogP contribution in [0.25, 0.3) is 12.2 Å². The number of benzene rings is 1. The Hall–Kier alpha value is -2.42. The van der Waals surface area contributed by atoms with Crippen LogP contribution < -0.4 is 5.32 Å². The van der Waals surface area contributed by atoms with E-state index in [1.54, 1.807) is 6.20 Å². The average Bonchev–Trinajstić information content (AvgIpc) is 2.46. The SMILES string of the molecule is CC(C)(C)C(=O)Nc1cccnc1C=Cc1ccccc1. The van der Waals surface area contributed by atoms with Gasteiger partial charge in [-0.15, -0.1) is 0 Å². The number of anilines is 1. The minimum absolute atomic E-state index is 0.0233. The van der Waals surface area contributed by atoms with Gasteiger partial charge in [-0.1, -0.05) is 57.2 Å². The summed E-state index contributed by atoms with van der Waals surface area (Å²) in [7, 11) is 0. The second-order valence-electron chi connectivity index (χ2n) is 5.88. The van der Waals surface area contributed by atoms with Crippen LogP contribution in [0.15, 0.2) is 48.7 Å². The number of rotatable bonds is 3. The Balaban J connectivity index is 2.21. The third kappa shape index (κ3) is 4.28. The summed E-state index contributed by atoms with van der Waals surface area (Å²) in [6.45, 7) is 5.66. The first-order valence-electron chi connectivity index (χ1n) is 6.96. The molecule has 0 aliphatic carbocycles. The highest BCUT2D eigenvalue weighted by atomic mass is 16.2. The van der Waals surface area contributed by atoms with Crippen LogP contribution >= 0.6 is 0 Å². The molecule has 1 aromatic carbocycles. The Labute approximate surface area is 125 Å². The maximum Gasteiger partial charge on any atom is 0.229 e. The smallest absolute Gasteiger partial charge is 0.229 e. The average molecular weight is 280 g/mol. The number of carbonyl (C=O) groups excluding carboxylic acids is 1. The van der Waals surface area contributed by atoms with Crippen LogP contribution in [0.4, 0.5) is 5.69 Å². The van der Waals surface area contributed by atoms with Crippen molar-refractivity contribution in [3.05, 3.63) is 59.9 Å². The molecule has 1 aromatic heterocycles. The van der Waals surface area contributed by atoms with Crippen LogP contribution in [0.2, 0.25) is 0 Å². The van der Waals surface area contributed by atoms with E-state index in [0.717, 1.165) is 16.9 Å². The maximum atomic E-state index is 12.1. The van der Waals surface area contributed by atoms with Crippen LogP contribution in [0.5, 0.6) is 0 Å². The van der Waals surface area contributed by atoms with Gasteiger partial charge in [0.2, 0.25) is 5.91 Å². The molecule has 21 heavy (non-hydrogen) atoms. The summed E-state index contributed by atoms with van der Waals surface area (Å²) < 4.78 is 0. The second-order valence-corrected chi connectivity index (χ2v) is 5.88. The number of hydrogen-bond donors (Lipinski definition) is 1. The molecule has 3 heteroatoms. The maximum absolute atomic E-state index is 12.1. The Morgan fingerprint density at radius 3 is 2.43 bits per heavy atom. The molecule has 1 heterocycles. The molecule has 0 fully saturated rings. The lowest BCUT2D eigenvalue weighted by atomic mass is 9.95. The minimum atomic E-state index is -0.434. The summed E-state index contributed by atoms with van der Waals surface area (Å²) in [5.41, 5.74) is 2.13. The van der Waals surface area contributed by atoms with Gasteiger partial charge in [0.15, 0.2) is 0 Å². The Morgan fingerprint density at radius 1 is 1.05 bits per heavy atom. The standard InChI is InChI=1S/C18H20N2O/c1-18(2,3)17(21)20-16-10-7-13-19-15(16)12-11-14-8-5-4-6-9-14/h4-13H,1-3H3,(H,20,21). The van der Waals surface area contributed by atoms with Crippen molar-refractivity contribution < 1.29 is 4.79 Å². The van der Waals surface area contributed by atoms with E-state index in [9.17, 15) is 4.79 Å². The van der Waals surface area contributed by atoms with Crippen molar-refractivity contribution in [3.63, 3.8) is 0 Å². The highest BCUT2D eigenvalue weighted by Gasteiger charge is 2.21. The lowest BCUT2D eigenvalue weighted by Crippen LogP contribution is -2.28. The topological polar surface area (TPSA) is 42.0 Å². The first kappa shape index (κ1) is 15.0. The highest BCUT2D eigenvalue weighted by molar-refractivity contribution is 5.96. The molecule has 2 rings (SSSR count). The molecular formula is C18H20N2O. The van der Waals surface area contributed by atoms with E-state index < -0.39 is 5.41 Å². The van der Waals surface area contributed by atoms with Gasteiger partial charge in [-0.2, -0.15) is 0 Å². The predicted molar refractivity (Wildman–Crippen MR) is 87.7 cm³/mol. The first-order chi connectivity index (χ1) is 9.97. The third-order valence-corrected chi connectivity index (χ3v) is 3.00. The van der Waals surface area contributed by atoms with E-state index in [-0.39, 0.29) is 5.91 Å². The molecule has 3 nitrogen and oxygen atoms in total. The second kappa shape index (κ2) is 6.35. The number of aromatic nitrogens is 1. The van der Waals surface area contributed by atoms with E-state index in [1.807, 2.05) is 75.4 Å². The molecule has 0 aliphatic heterocycles. The first-order valence-corrected chi connectivity index (χ1v) is 6.96. The summed E-state index contributed by atoms with van der Waals surface area (Å²) in [6.07, 6.45) is 5.61. The fourth-order valence-electron chi connectivity index (χ4n) is 1.71. The molecule has 0 spiro atoms. The fraction of sp³-hybridized carbons (Fsp3) is 0.222. The summed E-state index contributed by atoms with van der Waals surface area (Å²) in [5, 5.41) is 2.93. The van der Waals surface area contributed by atoms with Gasteiger partial charge in [-0.05, 0) is 23.8 Å². The lowest BCUT2D eigenvalue weighted by molar-refractivity contribution is -0.123. The molecule has 0 radical (unpaired) electrons. The fourth-order valence-corrected chi connectivity index (χ4v) is 1.71. The van der Waals surface area contributed by atoms with Gasteiger partial charge in [0.25, 0.3) is 0 Å². The van der Waals surface area contributed by atoms with Crippen molar-refractivity contribution in [1.82, 2.24) is 4.98 Å². The van der Waals surface area contributed by atoms with Crippen molar-refractivity contribution in [2.24, 2.45) is 5.41 Å². The Bertz CT molecular complexity index is 640. The molecule has 1 N–H and O–H groups in total. The number of carbonyl (C=O) groups is 1. The minimum Gasteiger partial charge on any atom is -0.324 e. The van der Waals surface area contributed by atoms with E-state index in [4.69, 9.17) is 0 Å². The molecular weight excluding hydrogens is 260 g/mol. The van der Waals surface area contributed by atoms with Crippen LogP contribution in [0.1, 0.15) is 32.0 Å². The van der Waals surface area contributed by atoms with Crippen LogP contribution in [-0.4, -0.2) is 10.9 Å². The third-order valence-electron chi connectivity index (χ3n) is 3.00.